The van der Waals surface area contributed by atoms with Gasteiger partial charge in [-0.15, -0.1) is 0 Å². The monoisotopic (exact) mass is 318 g/mol. The van der Waals surface area contributed by atoms with Crippen molar-refractivity contribution in [2.24, 2.45) is 5.41 Å². The Bertz CT molecular complexity index is 672. The molecule has 0 aromatic carbocycles. The molecule has 2 heterocycles. The Morgan fingerprint density at radius 2 is 2.35 bits per heavy atom. The van der Waals surface area contributed by atoms with Gasteiger partial charge in [-0.3, -0.25) is 9.48 Å². The maximum Gasteiger partial charge on any atom is 0.273 e. The van der Waals surface area contributed by atoms with E-state index in [9.17, 15) is 4.79 Å². The van der Waals surface area contributed by atoms with E-state index in [1.165, 1.54) is 0 Å². The molecule has 7 nitrogen and oxygen atoms in total. The van der Waals surface area contributed by atoms with Crippen molar-refractivity contribution >= 4 is 5.91 Å². The highest BCUT2D eigenvalue weighted by Gasteiger charge is 2.36. The van der Waals surface area contributed by atoms with E-state index in [0.29, 0.717) is 18.8 Å². The van der Waals surface area contributed by atoms with Gasteiger partial charge >= 0.3 is 0 Å². The standard InChI is InChI=1S/C16H22N4O3/c1-12-8-18-20(9-12)10-13-7-14(19-23-13)15(22)17-11-16(5-6-21)3-2-4-16/h7-9,21H,2-6,10-11H2,1H3,(H,17,22). The lowest BCUT2D eigenvalue weighted by Crippen LogP contribution is -2.42. The molecule has 0 spiro atoms. The second-order valence-electron chi connectivity index (χ2n) is 6.40. The summed E-state index contributed by atoms with van der Waals surface area (Å²) in [6.45, 7) is 3.15. The number of aliphatic hydroxyl groups excluding tert-OH is 1. The van der Waals surface area contributed by atoms with E-state index in [4.69, 9.17) is 9.63 Å². The molecule has 0 aliphatic heterocycles. The van der Waals surface area contributed by atoms with Crippen molar-refractivity contribution in [1.82, 2.24) is 20.3 Å². The van der Waals surface area contributed by atoms with Gasteiger partial charge in [0.2, 0.25) is 0 Å². The largest absolute Gasteiger partial charge is 0.396 e. The lowest BCUT2D eigenvalue weighted by atomic mass is 9.67. The molecule has 2 N–H and O–H groups in total. The van der Waals surface area contributed by atoms with Crippen LogP contribution in [0.3, 0.4) is 0 Å². The highest BCUT2D eigenvalue weighted by molar-refractivity contribution is 5.92. The molecule has 0 bridgehead atoms. The third-order valence-electron chi connectivity index (χ3n) is 4.55. The fourth-order valence-electron chi connectivity index (χ4n) is 3.00. The summed E-state index contributed by atoms with van der Waals surface area (Å²) in [5.41, 5.74) is 1.41. The Morgan fingerprint density at radius 1 is 1.52 bits per heavy atom. The molecule has 1 fully saturated rings. The van der Waals surface area contributed by atoms with Crippen LogP contribution in [0.25, 0.3) is 0 Å². The lowest BCUT2D eigenvalue weighted by Gasteiger charge is -2.41. The smallest absolute Gasteiger partial charge is 0.273 e. The van der Waals surface area contributed by atoms with E-state index in [0.717, 1.165) is 31.2 Å². The molecule has 23 heavy (non-hydrogen) atoms. The van der Waals surface area contributed by atoms with Gasteiger partial charge in [0, 0.05) is 25.4 Å². The molecule has 0 saturated heterocycles. The minimum Gasteiger partial charge on any atom is -0.396 e. The number of nitrogens with zero attached hydrogens (tertiary/aromatic N) is 3. The van der Waals surface area contributed by atoms with Crippen molar-refractivity contribution in [2.45, 2.75) is 39.2 Å². The summed E-state index contributed by atoms with van der Waals surface area (Å²) in [5.74, 6) is 0.354. The summed E-state index contributed by atoms with van der Waals surface area (Å²) in [4.78, 5) is 12.2. The predicted molar refractivity (Wildman–Crippen MR) is 82.9 cm³/mol. The van der Waals surface area contributed by atoms with Gasteiger partial charge in [-0.25, -0.2) is 0 Å². The number of aryl methyl sites for hydroxylation is 1. The van der Waals surface area contributed by atoms with Crippen molar-refractivity contribution in [2.75, 3.05) is 13.2 Å². The Labute approximate surface area is 134 Å². The number of nitrogens with one attached hydrogen (secondary N) is 1. The molecular formula is C16H22N4O3. The van der Waals surface area contributed by atoms with Crippen molar-refractivity contribution in [3.63, 3.8) is 0 Å². The van der Waals surface area contributed by atoms with Gasteiger partial charge in [-0.2, -0.15) is 5.10 Å². The average Bonchev–Trinajstić information content (AvgIpc) is 3.11. The number of amides is 1. The van der Waals surface area contributed by atoms with E-state index in [1.807, 2.05) is 13.1 Å². The minimum absolute atomic E-state index is 0.0591. The van der Waals surface area contributed by atoms with Gasteiger partial charge < -0.3 is 14.9 Å². The number of aromatic nitrogens is 3. The van der Waals surface area contributed by atoms with Crippen LogP contribution in [-0.2, 0) is 6.54 Å². The quantitative estimate of drug-likeness (QED) is 0.807. The third-order valence-corrected chi connectivity index (χ3v) is 4.55. The van der Waals surface area contributed by atoms with E-state index in [1.54, 1.807) is 16.9 Å². The summed E-state index contributed by atoms with van der Waals surface area (Å²) in [6, 6.07) is 1.64. The maximum absolute atomic E-state index is 12.2. The number of aliphatic hydroxyl groups is 1. The van der Waals surface area contributed by atoms with Crippen LogP contribution in [0, 0.1) is 12.3 Å². The molecule has 124 valence electrons. The summed E-state index contributed by atoms with van der Waals surface area (Å²) in [5, 5.41) is 20.1. The topological polar surface area (TPSA) is 93.2 Å². The predicted octanol–water partition coefficient (Wildman–Crippen LogP) is 1.51. The first kappa shape index (κ1) is 15.7. The van der Waals surface area contributed by atoms with Gasteiger partial charge in [0.05, 0.1) is 6.20 Å². The lowest BCUT2D eigenvalue weighted by molar-refractivity contribution is 0.0727. The molecule has 1 amide bonds. The number of hydrogen-bond donors (Lipinski definition) is 2. The zero-order chi connectivity index (χ0) is 16.3. The maximum atomic E-state index is 12.2. The van der Waals surface area contributed by atoms with E-state index in [-0.39, 0.29) is 23.6 Å². The second kappa shape index (κ2) is 6.54. The fourth-order valence-corrected chi connectivity index (χ4v) is 3.00. The molecule has 0 radical (unpaired) electrons. The molecule has 1 saturated carbocycles. The number of rotatable bonds is 7. The van der Waals surface area contributed by atoms with Crippen LogP contribution in [0.1, 0.15) is 47.5 Å². The van der Waals surface area contributed by atoms with Crippen LogP contribution in [0.5, 0.6) is 0 Å². The fraction of sp³-hybridized carbons (Fsp3) is 0.562. The van der Waals surface area contributed by atoms with Crippen LogP contribution < -0.4 is 5.32 Å². The molecule has 3 rings (SSSR count). The average molecular weight is 318 g/mol. The number of carbonyl (C=O) groups is 1. The van der Waals surface area contributed by atoms with Crippen LogP contribution in [0.2, 0.25) is 0 Å². The molecule has 1 aliphatic rings. The first-order valence-electron chi connectivity index (χ1n) is 7.94. The molecule has 2 aromatic rings. The van der Waals surface area contributed by atoms with Gasteiger partial charge in [0.15, 0.2) is 11.5 Å². The second-order valence-corrected chi connectivity index (χ2v) is 6.40. The van der Waals surface area contributed by atoms with Crippen molar-refractivity contribution < 1.29 is 14.4 Å². The van der Waals surface area contributed by atoms with Gasteiger partial charge in [-0.05, 0) is 37.2 Å². The molecule has 1 aliphatic carbocycles. The Kier molecular flexibility index (Phi) is 4.47. The van der Waals surface area contributed by atoms with Crippen LogP contribution >= 0.6 is 0 Å². The Hall–Kier alpha value is -2.15. The van der Waals surface area contributed by atoms with Crippen LogP contribution in [0.4, 0.5) is 0 Å². The number of hydrogen-bond acceptors (Lipinski definition) is 5. The van der Waals surface area contributed by atoms with E-state index in [2.05, 4.69) is 15.6 Å². The van der Waals surface area contributed by atoms with Crippen LogP contribution in [0.15, 0.2) is 23.0 Å². The summed E-state index contributed by atoms with van der Waals surface area (Å²) in [7, 11) is 0. The summed E-state index contributed by atoms with van der Waals surface area (Å²) < 4.78 is 6.95. The van der Waals surface area contributed by atoms with Crippen LogP contribution in [-0.4, -0.2) is 39.1 Å². The highest BCUT2D eigenvalue weighted by atomic mass is 16.5. The van der Waals surface area contributed by atoms with E-state index >= 15 is 0 Å². The van der Waals surface area contributed by atoms with Crippen molar-refractivity contribution in [1.29, 1.82) is 0 Å². The van der Waals surface area contributed by atoms with E-state index < -0.39 is 0 Å². The Balaban J connectivity index is 1.56. The number of carbonyl (C=O) groups excluding carboxylic acids is 1. The van der Waals surface area contributed by atoms with Crippen molar-refractivity contribution in [3.8, 4) is 0 Å². The molecular weight excluding hydrogens is 296 g/mol. The molecule has 2 aromatic heterocycles. The molecule has 7 heteroatoms. The van der Waals surface area contributed by atoms with Crippen molar-refractivity contribution in [3.05, 3.63) is 35.5 Å². The zero-order valence-corrected chi connectivity index (χ0v) is 13.3. The minimum atomic E-state index is -0.235. The summed E-state index contributed by atoms with van der Waals surface area (Å²) in [6.07, 6.45) is 7.66. The first-order chi connectivity index (χ1) is 11.1. The molecule has 0 atom stereocenters. The van der Waals surface area contributed by atoms with Gasteiger partial charge in [0.1, 0.15) is 6.54 Å². The summed E-state index contributed by atoms with van der Waals surface area (Å²) >= 11 is 0. The highest BCUT2D eigenvalue weighted by Crippen LogP contribution is 2.43. The first-order valence-corrected chi connectivity index (χ1v) is 7.94. The normalized spacial score (nSPS) is 16.1. The molecule has 0 unspecified atom stereocenters. The third kappa shape index (κ3) is 3.61. The Morgan fingerprint density at radius 3 is 2.96 bits per heavy atom. The zero-order valence-electron chi connectivity index (χ0n) is 13.3. The SMILES string of the molecule is Cc1cnn(Cc2cc(C(=O)NCC3(CCO)CCC3)no2)c1. The van der Waals surface area contributed by atoms with Gasteiger partial charge in [0.25, 0.3) is 5.91 Å². The van der Waals surface area contributed by atoms with Gasteiger partial charge in [-0.1, -0.05) is 11.6 Å².